The fourth-order valence-corrected chi connectivity index (χ4v) is 2.83. The normalized spacial score (nSPS) is 10.5. The Balaban J connectivity index is 1.85. The Kier molecular flexibility index (Phi) is 3.93. The summed E-state index contributed by atoms with van der Waals surface area (Å²) in [4.78, 5) is 17.8. The Labute approximate surface area is 131 Å². The molecular formula is C16H14N2O3S. The first kappa shape index (κ1) is 14.3. The predicted molar refractivity (Wildman–Crippen MR) is 85.5 cm³/mol. The van der Waals surface area contributed by atoms with Crippen LogP contribution in [0.25, 0.3) is 11.3 Å². The molecule has 0 spiro atoms. The molecule has 3 aromatic rings. The number of hydrogen-bond acceptors (Lipinski definition) is 5. The minimum Gasteiger partial charge on any atom is -0.496 e. The molecule has 2 aromatic heterocycles. The van der Waals surface area contributed by atoms with E-state index >= 15 is 0 Å². The molecule has 1 N–H and O–H groups in total. The van der Waals surface area contributed by atoms with Crippen molar-refractivity contribution in [1.29, 1.82) is 0 Å². The zero-order valence-corrected chi connectivity index (χ0v) is 12.9. The summed E-state index contributed by atoms with van der Waals surface area (Å²) in [6.07, 6.45) is 2.98. The number of carbonyl (C=O) groups excluding carboxylic acids is 1. The molecule has 0 bridgehead atoms. The van der Waals surface area contributed by atoms with Gasteiger partial charge >= 0.3 is 0 Å². The summed E-state index contributed by atoms with van der Waals surface area (Å²) in [6.45, 7) is 1.97. The van der Waals surface area contributed by atoms with Crippen molar-refractivity contribution in [3.05, 3.63) is 52.7 Å². The van der Waals surface area contributed by atoms with Gasteiger partial charge < -0.3 is 14.5 Å². The van der Waals surface area contributed by atoms with E-state index in [-0.39, 0.29) is 5.91 Å². The first-order valence-corrected chi connectivity index (χ1v) is 7.43. The maximum absolute atomic E-state index is 12.2. The number of benzene rings is 1. The first-order valence-electron chi connectivity index (χ1n) is 6.62. The molecular weight excluding hydrogens is 300 g/mol. The van der Waals surface area contributed by atoms with E-state index in [0.717, 1.165) is 10.4 Å². The van der Waals surface area contributed by atoms with Crippen molar-refractivity contribution >= 4 is 22.9 Å². The van der Waals surface area contributed by atoms with Gasteiger partial charge in [0.15, 0.2) is 12.2 Å². The fraction of sp³-hybridized carbons (Fsp3) is 0.125. The van der Waals surface area contributed by atoms with Crippen LogP contribution >= 0.6 is 11.3 Å². The average Bonchev–Trinajstić information content (AvgIpc) is 3.18. The first-order chi connectivity index (χ1) is 10.7. The minimum absolute atomic E-state index is 0.132. The van der Waals surface area contributed by atoms with Gasteiger partial charge in [-0.25, -0.2) is 4.98 Å². The second-order valence-corrected chi connectivity index (χ2v) is 5.93. The molecule has 0 atom stereocenters. The van der Waals surface area contributed by atoms with Crippen LogP contribution in [-0.4, -0.2) is 18.0 Å². The van der Waals surface area contributed by atoms with Crippen LogP contribution in [0.15, 0.2) is 47.3 Å². The molecule has 0 fully saturated rings. The number of thiophene rings is 1. The maximum atomic E-state index is 12.2. The molecule has 0 aliphatic rings. The third-order valence-corrected chi connectivity index (χ3v) is 4.12. The number of ether oxygens (including phenoxy) is 1. The second kappa shape index (κ2) is 6.03. The van der Waals surface area contributed by atoms with Gasteiger partial charge in [0.25, 0.3) is 5.91 Å². The standard InChI is InChI=1S/C16H14N2O3S/c1-10-3-6-15(22-10)16(19)18-11-4-5-12(13(7-11)20-2)14-8-17-9-21-14/h3-9H,1-2H3,(H,18,19). The van der Waals surface area contributed by atoms with E-state index in [1.807, 2.05) is 25.1 Å². The molecule has 1 amide bonds. The highest BCUT2D eigenvalue weighted by molar-refractivity contribution is 7.14. The largest absolute Gasteiger partial charge is 0.496 e. The number of nitrogens with one attached hydrogen (secondary N) is 1. The van der Waals surface area contributed by atoms with Crippen molar-refractivity contribution in [3.8, 4) is 17.1 Å². The van der Waals surface area contributed by atoms with Crippen molar-refractivity contribution < 1.29 is 13.9 Å². The van der Waals surface area contributed by atoms with Gasteiger partial charge in [0, 0.05) is 16.6 Å². The van der Waals surface area contributed by atoms with Crippen LogP contribution in [0.4, 0.5) is 5.69 Å². The molecule has 0 unspecified atom stereocenters. The van der Waals surface area contributed by atoms with Gasteiger partial charge in [0.1, 0.15) is 5.75 Å². The monoisotopic (exact) mass is 314 g/mol. The molecule has 6 heteroatoms. The number of carbonyl (C=O) groups is 1. The van der Waals surface area contributed by atoms with E-state index in [1.54, 1.807) is 25.4 Å². The lowest BCUT2D eigenvalue weighted by Crippen LogP contribution is -2.10. The summed E-state index contributed by atoms with van der Waals surface area (Å²) in [5, 5.41) is 2.86. The van der Waals surface area contributed by atoms with Gasteiger partial charge in [-0.3, -0.25) is 4.79 Å². The molecule has 5 nitrogen and oxygen atoms in total. The maximum Gasteiger partial charge on any atom is 0.265 e. The zero-order valence-electron chi connectivity index (χ0n) is 12.1. The Morgan fingerprint density at radius 1 is 1.32 bits per heavy atom. The summed E-state index contributed by atoms with van der Waals surface area (Å²) in [6, 6.07) is 9.13. The molecule has 0 radical (unpaired) electrons. The van der Waals surface area contributed by atoms with E-state index in [4.69, 9.17) is 9.15 Å². The fourth-order valence-electron chi connectivity index (χ4n) is 2.07. The topological polar surface area (TPSA) is 64.4 Å². The lowest BCUT2D eigenvalue weighted by atomic mass is 10.1. The zero-order chi connectivity index (χ0) is 15.5. The van der Waals surface area contributed by atoms with Crippen LogP contribution in [0.3, 0.4) is 0 Å². The molecule has 1 aromatic carbocycles. The van der Waals surface area contributed by atoms with Gasteiger partial charge in [-0.15, -0.1) is 11.3 Å². The third kappa shape index (κ3) is 2.87. The third-order valence-electron chi connectivity index (χ3n) is 3.12. The summed E-state index contributed by atoms with van der Waals surface area (Å²) < 4.78 is 10.6. The van der Waals surface area contributed by atoms with E-state index in [1.165, 1.54) is 17.7 Å². The molecule has 22 heavy (non-hydrogen) atoms. The SMILES string of the molecule is COc1cc(NC(=O)c2ccc(C)s2)ccc1-c1cnco1. The predicted octanol–water partition coefficient (Wildman–Crippen LogP) is 3.97. The summed E-state index contributed by atoms with van der Waals surface area (Å²) in [5.74, 6) is 1.09. The van der Waals surface area contributed by atoms with Gasteiger partial charge in [0.2, 0.25) is 0 Å². The van der Waals surface area contributed by atoms with Crippen LogP contribution < -0.4 is 10.1 Å². The smallest absolute Gasteiger partial charge is 0.265 e. The van der Waals surface area contributed by atoms with Crippen molar-refractivity contribution in [3.63, 3.8) is 0 Å². The molecule has 3 rings (SSSR count). The van der Waals surface area contributed by atoms with Gasteiger partial charge in [-0.1, -0.05) is 0 Å². The van der Waals surface area contributed by atoms with E-state index in [2.05, 4.69) is 10.3 Å². The summed E-state index contributed by atoms with van der Waals surface area (Å²) in [5.41, 5.74) is 1.45. The van der Waals surface area contributed by atoms with Crippen molar-refractivity contribution in [2.75, 3.05) is 12.4 Å². The van der Waals surface area contributed by atoms with Crippen molar-refractivity contribution in [2.45, 2.75) is 6.92 Å². The van der Waals surface area contributed by atoms with Crippen LogP contribution in [0, 0.1) is 6.92 Å². The minimum atomic E-state index is -0.132. The van der Waals surface area contributed by atoms with Crippen molar-refractivity contribution in [1.82, 2.24) is 4.98 Å². The number of aromatic nitrogens is 1. The van der Waals surface area contributed by atoms with Crippen molar-refractivity contribution in [2.24, 2.45) is 0 Å². The van der Waals surface area contributed by atoms with Crippen LogP contribution in [-0.2, 0) is 0 Å². The number of rotatable bonds is 4. The number of anilines is 1. The molecule has 0 aliphatic carbocycles. The molecule has 0 saturated carbocycles. The highest BCUT2D eigenvalue weighted by atomic mass is 32.1. The number of amides is 1. The number of nitrogens with zero attached hydrogens (tertiary/aromatic N) is 1. The van der Waals surface area contributed by atoms with Crippen LogP contribution in [0.2, 0.25) is 0 Å². The number of methoxy groups -OCH3 is 1. The second-order valence-electron chi connectivity index (χ2n) is 4.65. The number of aryl methyl sites for hydroxylation is 1. The van der Waals surface area contributed by atoms with Gasteiger partial charge in [0.05, 0.1) is 23.7 Å². The lowest BCUT2D eigenvalue weighted by molar-refractivity contribution is 0.103. The highest BCUT2D eigenvalue weighted by Gasteiger charge is 2.13. The quantitative estimate of drug-likeness (QED) is 0.791. The Bertz CT molecular complexity index is 794. The lowest BCUT2D eigenvalue weighted by Gasteiger charge is -2.09. The summed E-state index contributed by atoms with van der Waals surface area (Å²) >= 11 is 1.46. The Morgan fingerprint density at radius 3 is 2.82 bits per heavy atom. The molecule has 0 saturated heterocycles. The average molecular weight is 314 g/mol. The van der Waals surface area contributed by atoms with Crippen LogP contribution in [0.1, 0.15) is 14.5 Å². The molecule has 112 valence electrons. The number of hydrogen-bond donors (Lipinski definition) is 1. The Morgan fingerprint density at radius 2 is 2.18 bits per heavy atom. The van der Waals surface area contributed by atoms with Gasteiger partial charge in [-0.2, -0.15) is 0 Å². The molecule has 2 heterocycles. The Hall–Kier alpha value is -2.60. The van der Waals surface area contributed by atoms with E-state index < -0.39 is 0 Å². The highest BCUT2D eigenvalue weighted by Crippen LogP contribution is 2.32. The van der Waals surface area contributed by atoms with Crippen LogP contribution in [0.5, 0.6) is 5.75 Å². The van der Waals surface area contributed by atoms with E-state index in [0.29, 0.717) is 22.1 Å². The van der Waals surface area contributed by atoms with Gasteiger partial charge in [-0.05, 0) is 31.2 Å². The summed E-state index contributed by atoms with van der Waals surface area (Å²) in [7, 11) is 1.57. The van der Waals surface area contributed by atoms with E-state index in [9.17, 15) is 4.79 Å². The molecule has 0 aliphatic heterocycles. The number of oxazole rings is 1.